The van der Waals surface area contributed by atoms with Gasteiger partial charge in [0.05, 0.1) is 17.1 Å². The van der Waals surface area contributed by atoms with Crippen molar-refractivity contribution in [3.63, 3.8) is 0 Å². The van der Waals surface area contributed by atoms with E-state index in [0.29, 0.717) is 0 Å². The summed E-state index contributed by atoms with van der Waals surface area (Å²) in [6.07, 6.45) is 0.0622. The highest BCUT2D eigenvalue weighted by Crippen LogP contribution is 2.12. The maximum atomic E-state index is 11.7. The maximum Gasteiger partial charge on any atom is 0.413 e. The molecular weight excluding hydrogens is 314 g/mol. The molecule has 0 heterocycles. The molecule has 0 saturated heterocycles. The van der Waals surface area contributed by atoms with Gasteiger partial charge in [0.25, 0.3) is 5.91 Å². The maximum absolute atomic E-state index is 11.7. The van der Waals surface area contributed by atoms with Crippen molar-refractivity contribution < 1.29 is 32.3 Å². The van der Waals surface area contributed by atoms with Crippen molar-refractivity contribution in [1.82, 2.24) is 5.32 Å². The fourth-order valence-electron chi connectivity index (χ4n) is 1.39. The molecule has 0 aliphatic rings. The number of imide groups is 1. The molecule has 1 aromatic carbocycles. The van der Waals surface area contributed by atoms with E-state index in [9.17, 15) is 22.8 Å². The van der Waals surface area contributed by atoms with Crippen molar-refractivity contribution >= 4 is 27.8 Å². The molecule has 8 nitrogen and oxygen atoms in total. The van der Waals surface area contributed by atoms with Gasteiger partial charge in [-0.2, -0.15) is 0 Å². The van der Waals surface area contributed by atoms with Crippen LogP contribution in [0, 0.1) is 0 Å². The Morgan fingerprint density at radius 1 is 1.18 bits per heavy atom. The molecule has 0 aliphatic carbocycles. The Labute approximate surface area is 127 Å². The normalized spacial score (nSPS) is 10.6. The Hall–Kier alpha value is -2.42. The van der Waals surface area contributed by atoms with E-state index < -0.39 is 34.4 Å². The summed E-state index contributed by atoms with van der Waals surface area (Å²) in [4.78, 5) is 34.0. The van der Waals surface area contributed by atoms with Crippen LogP contribution in [0.25, 0.3) is 0 Å². The van der Waals surface area contributed by atoms with Gasteiger partial charge in [-0.25, -0.2) is 18.0 Å². The van der Waals surface area contributed by atoms with Crippen LogP contribution in [0.2, 0.25) is 0 Å². The minimum atomic E-state index is -3.46. The van der Waals surface area contributed by atoms with Crippen LogP contribution in [-0.4, -0.2) is 45.9 Å². The molecule has 1 N–H and O–H groups in total. The van der Waals surface area contributed by atoms with E-state index >= 15 is 0 Å². The molecule has 0 bridgehead atoms. The zero-order valence-corrected chi connectivity index (χ0v) is 12.8. The highest BCUT2D eigenvalue weighted by molar-refractivity contribution is 7.90. The van der Waals surface area contributed by atoms with Crippen molar-refractivity contribution in [3.05, 3.63) is 29.8 Å². The average Bonchev–Trinajstić information content (AvgIpc) is 2.44. The van der Waals surface area contributed by atoms with E-state index in [1.165, 1.54) is 18.2 Å². The summed E-state index contributed by atoms with van der Waals surface area (Å²) in [6, 6.07) is 5.20. The van der Waals surface area contributed by atoms with Gasteiger partial charge in [0.1, 0.15) is 0 Å². The van der Waals surface area contributed by atoms with Gasteiger partial charge < -0.3 is 9.47 Å². The molecule has 0 radical (unpaired) electrons. The van der Waals surface area contributed by atoms with Crippen LogP contribution in [0.4, 0.5) is 4.79 Å². The van der Waals surface area contributed by atoms with Crippen LogP contribution in [0.3, 0.4) is 0 Å². The van der Waals surface area contributed by atoms with Crippen LogP contribution < -0.4 is 5.32 Å². The quantitative estimate of drug-likeness (QED) is 0.783. The van der Waals surface area contributed by atoms with Crippen LogP contribution >= 0.6 is 0 Å². The number of esters is 1. The molecular formula is C13H15NO7S. The lowest BCUT2D eigenvalue weighted by Crippen LogP contribution is -2.34. The zero-order valence-electron chi connectivity index (χ0n) is 12.0. The molecule has 0 fully saturated rings. The Morgan fingerprint density at radius 3 is 2.45 bits per heavy atom. The Balaban J connectivity index is 2.63. The number of benzene rings is 1. The lowest BCUT2D eigenvalue weighted by atomic mass is 10.2. The molecule has 9 heteroatoms. The van der Waals surface area contributed by atoms with Crippen LogP contribution in [0.5, 0.6) is 0 Å². The van der Waals surface area contributed by atoms with Gasteiger partial charge in [-0.15, -0.1) is 0 Å². The zero-order chi connectivity index (χ0) is 16.8. The number of hydrogen-bond acceptors (Lipinski definition) is 7. The highest BCUT2D eigenvalue weighted by Gasteiger charge is 2.15. The second-order valence-electron chi connectivity index (χ2n) is 4.14. The van der Waals surface area contributed by atoms with Gasteiger partial charge in [-0.1, -0.05) is 6.07 Å². The minimum Gasteiger partial charge on any atom is -0.452 e. The molecule has 0 saturated carbocycles. The molecule has 22 heavy (non-hydrogen) atoms. The van der Waals surface area contributed by atoms with Crippen LogP contribution in [-0.2, 0) is 24.1 Å². The van der Waals surface area contributed by atoms with Crippen molar-refractivity contribution in [2.75, 3.05) is 19.5 Å². The summed E-state index contributed by atoms with van der Waals surface area (Å²) in [5.41, 5.74) is -0.0214. The predicted molar refractivity (Wildman–Crippen MR) is 75.0 cm³/mol. The second kappa shape index (κ2) is 7.55. The number of nitrogens with one attached hydrogen (secondary N) is 1. The molecule has 2 amide bonds. The SMILES string of the molecule is CCOC(=O)NC(=O)COC(=O)c1cccc(S(C)(=O)=O)c1. The number of hydrogen-bond donors (Lipinski definition) is 1. The molecule has 1 rings (SSSR count). The molecule has 0 aromatic heterocycles. The molecule has 0 aliphatic heterocycles. The third kappa shape index (κ3) is 5.52. The van der Waals surface area contributed by atoms with E-state index in [1.54, 1.807) is 6.92 Å². The summed E-state index contributed by atoms with van der Waals surface area (Å²) >= 11 is 0. The topological polar surface area (TPSA) is 116 Å². The number of sulfone groups is 1. The number of carbonyl (C=O) groups is 3. The lowest BCUT2D eigenvalue weighted by molar-refractivity contribution is -0.123. The molecule has 1 aromatic rings. The van der Waals surface area contributed by atoms with Crippen molar-refractivity contribution in [2.24, 2.45) is 0 Å². The van der Waals surface area contributed by atoms with Gasteiger partial charge in [0.15, 0.2) is 16.4 Å². The molecule has 0 spiro atoms. The van der Waals surface area contributed by atoms with Gasteiger partial charge in [0, 0.05) is 6.26 Å². The lowest BCUT2D eigenvalue weighted by Gasteiger charge is -2.06. The molecule has 0 atom stereocenters. The largest absolute Gasteiger partial charge is 0.452 e. The first-order chi connectivity index (χ1) is 10.2. The monoisotopic (exact) mass is 329 g/mol. The third-order valence-corrected chi connectivity index (χ3v) is 3.46. The summed E-state index contributed by atoms with van der Waals surface area (Å²) in [7, 11) is -3.46. The van der Waals surface area contributed by atoms with Crippen molar-refractivity contribution in [1.29, 1.82) is 0 Å². The van der Waals surface area contributed by atoms with Crippen LogP contribution in [0.1, 0.15) is 17.3 Å². The summed E-state index contributed by atoms with van der Waals surface area (Å²) < 4.78 is 31.9. The first-order valence-corrected chi connectivity index (χ1v) is 8.07. The average molecular weight is 329 g/mol. The van der Waals surface area contributed by atoms with Gasteiger partial charge >= 0.3 is 12.1 Å². The second-order valence-corrected chi connectivity index (χ2v) is 6.16. The first-order valence-electron chi connectivity index (χ1n) is 6.18. The number of alkyl carbamates (subject to hydrolysis) is 1. The van der Waals surface area contributed by atoms with E-state index in [0.717, 1.165) is 12.3 Å². The number of rotatable bonds is 5. The van der Waals surface area contributed by atoms with Gasteiger partial charge in [0.2, 0.25) is 0 Å². The van der Waals surface area contributed by atoms with E-state index in [4.69, 9.17) is 0 Å². The number of ether oxygens (including phenoxy) is 2. The first kappa shape index (κ1) is 17.6. The highest BCUT2D eigenvalue weighted by atomic mass is 32.2. The van der Waals surface area contributed by atoms with Crippen molar-refractivity contribution in [2.45, 2.75) is 11.8 Å². The smallest absolute Gasteiger partial charge is 0.413 e. The minimum absolute atomic E-state index is 0.0214. The third-order valence-electron chi connectivity index (χ3n) is 2.35. The summed E-state index contributed by atoms with van der Waals surface area (Å²) in [6.45, 7) is 0.969. The molecule has 0 unspecified atom stereocenters. The fraction of sp³-hybridized carbons (Fsp3) is 0.308. The van der Waals surface area contributed by atoms with Crippen molar-refractivity contribution in [3.8, 4) is 0 Å². The fourth-order valence-corrected chi connectivity index (χ4v) is 2.05. The number of amides is 2. The standard InChI is InChI=1S/C13H15NO7S/c1-3-20-13(17)14-11(15)8-21-12(16)9-5-4-6-10(7-9)22(2,18)19/h4-7H,3,8H2,1-2H3,(H,14,15,17). The Morgan fingerprint density at radius 2 is 1.86 bits per heavy atom. The predicted octanol–water partition coefficient (Wildman–Crippen LogP) is 0.520. The van der Waals surface area contributed by atoms with E-state index in [2.05, 4.69) is 9.47 Å². The van der Waals surface area contributed by atoms with E-state index in [1.807, 2.05) is 5.32 Å². The van der Waals surface area contributed by atoms with E-state index in [-0.39, 0.29) is 17.1 Å². The number of carbonyl (C=O) groups excluding carboxylic acids is 3. The van der Waals surface area contributed by atoms with Gasteiger partial charge in [-0.05, 0) is 25.1 Å². The Kier molecular flexibility index (Phi) is 6.05. The summed E-state index contributed by atoms with van der Waals surface area (Å²) in [5.74, 6) is -1.74. The van der Waals surface area contributed by atoms with Crippen LogP contribution in [0.15, 0.2) is 29.2 Å². The summed E-state index contributed by atoms with van der Waals surface area (Å²) in [5, 5.41) is 1.85. The molecule has 120 valence electrons. The van der Waals surface area contributed by atoms with Gasteiger partial charge in [-0.3, -0.25) is 10.1 Å². The Bertz CT molecular complexity index is 681.